The van der Waals surface area contributed by atoms with Crippen molar-refractivity contribution < 1.29 is 14.3 Å². The summed E-state index contributed by atoms with van der Waals surface area (Å²) >= 11 is 0. The molecule has 3 aromatic heterocycles. The van der Waals surface area contributed by atoms with Crippen molar-refractivity contribution in [3.63, 3.8) is 0 Å². The number of piperidine rings is 1. The van der Waals surface area contributed by atoms with Crippen LogP contribution in [0.1, 0.15) is 46.4 Å². The molecule has 34 heavy (non-hydrogen) atoms. The Hall–Kier alpha value is -3.43. The quantitative estimate of drug-likeness (QED) is 0.569. The number of likely N-dealkylation sites (tertiary alicyclic amines) is 1. The average Bonchev–Trinajstić information content (AvgIpc) is 3.40. The Balaban J connectivity index is 1.30. The highest BCUT2D eigenvalue weighted by molar-refractivity contribution is 5.93. The first-order valence-electron chi connectivity index (χ1n) is 11.7. The zero-order chi connectivity index (χ0) is 24.4. The largest absolute Gasteiger partial charge is 0.479 e. The minimum absolute atomic E-state index is 0.104. The average molecular weight is 468 g/mol. The minimum atomic E-state index is -0.104. The van der Waals surface area contributed by atoms with Gasteiger partial charge in [-0.05, 0) is 50.2 Å². The van der Waals surface area contributed by atoms with Gasteiger partial charge in [0.15, 0.2) is 5.65 Å². The van der Waals surface area contributed by atoms with E-state index in [2.05, 4.69) is 15.5 Å². The summed E-state index contributed by atoms with van der Waals surface area (Å²) in [7, 11) is 5.25. The number of nitrogens with zero attached hydrogens (tertiary/aromatic N) is 6. The molecule has 182 valence electrons. The molecule has 1 aliphatic heterocycles. The molecule has 0 radical (unpaired) electrons. The second-order valence-corrected chi connectivity index (χ2v) is 9.07. The molecular formula is C24H33N7O3. The fourth-order valence-electron chi connectivity index (χ4n) is 4.76. The van der Waals surface area contributed by atoms with Gasteiger partial charge in [-0.15, -0.1) is 5.10 Å². The molecule has 2 amide bonds. The van der Waals surface area contributed by atoms with Crippen molar-refractivity contribution in [1.29, 1.82) is 0 Å². The lowest BCUT2D eigenvalue weighted by Crippen LogP contribution is -2.41. The zero-order valence-electron chi connectivity index (χ0n) is 20.6. The number of carbonyl (C=O) groups is 2. The number of methoxy groups -OCH3 is 1. The van der Waals surface area contributed by atoms with Crippen LogP contribution >= 0.6 is 0 Å². The maximum absolute atomic E-state index is 12.9. The van der Waals surface area contributed by atoms with E-state index in [0.29, 0.717) is 36.7 Å². The van der Waals surface area contributed by atoms with Crippen molar-refractivity contribution >= 4 is 22.8 Å². The Morgan fingerprint density at radius 2 is 1.94 bits per heavy atom. The predicted molar refractivity (Wildman–Crippen MR) is 128 cm³/mol. The van der Waals surface area contributed by atoms with Gasteiger partial charge in [-0.1, -0.05) is 0 Å². The maximum atomic E-state index is 12.9. The standard InChI is InChI=1S/C24H33N7O3/c1-15-19(16(2)27-22-21(15)24(34-5)28-30(22)4)6-7-20(32)31-10-8-17(9-11-31)12-25-23(33)18-13-26-29(3)14-18/h13-14,17H,6-12H2,1-5H3,(H,25,33). The Kier molecular flexibility index (Phi) is 6.85. The van der Waals surface area contributed by atoms with Gasteiger partial charge in [-0.3, -0.25) is 14.3 Å². The van der Waals surface area contributed by atoms with Crippen molar-refractivity contribution in [2.45, 2.75) is 39.5 Å². The Bertz CT molecular complexity index is 1210. The number of hydrogen-bond acceptors (Lipinski definition) is 6. The number of fused-ring (bicyclic) bond motifs is 1. The highest BCUT2D eigenvalue weighted by Crippen LogP contribution is 2.30. The second-order valence-electron chi connectivity index (χ2n) is 9.07. The number of carbonyl (C=O) groups excluding carboxylic acids is 2. The highest BCUT2D eigenvalue weighted by Gasteiger charge is 2.24. The van der Waals surface area contributed by atoms with Crippen LogP contribution in [0.4, 0.5) is 0 Å². The number of pyridine rings is 1. The molecule has 4 rings (SSSR count). The lowest BCUT2D eigenvalue weighted by molar-refractivity contribution is -0.132. The van der Waals surface area contributed by atoms with Crippen LogP contribution in [0.3, 0.4) is 0 Å². The fourth-order valence-corrected chi connectivity index (χ4v) is 4.76. The van der Waals surface area contributed by atoms with E-state index in [-0.39, 0.29) is 11.8 Å². The molecule has 1 saturated heterocycles. The topological polar surface area (TPSA) is 107 Å². The summed E-state index contributed by atoms with van der Waals surface area (Å²) in [5.41, 5.74) is 4.44. The summed E-state index contributed by atoms with van der Waals surface area (Å²) in [4.78, 5) is 31.8. The fraction of sp³-hybridized carbons (Fsp3) is 0.542. The van der Waals surface area contributed by atoms with Gasteiger partial charge in [0, 0.05) is 52.0 Å². The van der Waals surface area contributed by atoms with Gasteiger partial charge < -0.3 is 15.0 Å². The van der Waals surface area contributed by atoms with E-state index in [9.17, 15) is 9.59 Å². The van der Waals surface area contributed by atoms with Crippen LogP contribution in [-0.4, -0.2) is 68.0 Å². The predicted octanol–water partition coefficient (Wildman–Crippen LogP) is 1.93. The van der Waals surface area contributed by atoms with Crippen LogP contribution in [0, 0.1) is 19.8 Å². The van der Waals surface area contributed by atoms with E-state index in [1.165, 1.54) is 0 Å². The molecule has 0 atom stereocenters. The van der Waals surface area contributed by atoms with Gasteiger partial charge >= 0.3 is 0 Å². The third kappa shape index (κ3) is 4.76. The number of aryl methyl sites for hydroxylation is 4. The Morgan fingerprint density at radius 1 is 1.21 bits per heavy atom. The lowest BCUT2D eigenvalue weighted by atomic mass is 9.95. The molecule has 0 unspecified atom stereocenters. The van der Waals surface area contributed by atoms with E-state index < -0.39 is 0 Å². The van der Waals surface area contributed by atoms with Crippen LogP contribution in [-0.2, 0) is 25.3 Å². The van der Waals surface area contributed by atoms with Crippen LogP contribution in [0.2, 0.25) is 0 Å². The summed E-state index contributed by atoms with van der Waals surface area (Å²) in [6, 6.07) is 0. The van der Waals surface area contributed by atoms with Crippen molar-refractivity contribution in [1.82, 2.24) is 34.8 Å². The van der Waals surface area contributed by atoms with Crippen LogP contribution in [0.5, 0.6) is 5.88 Å². The smallest absolute Gasteiger partial charge is 0.254 e. The van der Waals surface area contributed by atoms with Gasteiger partial charge in [0.25, 0.3) is 5.91 Å². The highest BCUT2D eigenvalue weighted by atomic mass is 16.5. The third-order valence-electron chi connectivity index (χ3n) is 6.79. The number of amides is 2. The van der Waals surface area contributed by atoms with Crippen LogP contribution < -0.4 is 10.1 Å². The molecule has 4 heterocycles. The molecule has 0 spiro atoms. The molecule has 10 heteroatoms. The molecule has 1 fully saturated rings. The van der Waals surface area contributed by atoms with Crippen LogP contribution in [0.15, 0.2) is 12.4 Å². The van der Waals surface area contributed by atoms with E-state index in [1.807, 2.05) is 25.8 Å². The number of nitrogens with one attached hydrogen (secondary N) is 1. The molecule has 10 nitrogen and oxygen atoms in total. The number of aromatic nitrogens is 5. The van der Waals surface area contributed by atoms with Gasteiger partial charge in [-0.25, -0.2) is 9.67 Å². The van der Waals surface area contributed by atoms with Crippen LogP contribution in [0.25, 0.3) is 11.0 Å². The van der Waals surface area contributed by atoms with E-state index in [1.54, 1.807) is 35.9 Å². The second kappa shape index (κ2) is 9.82. The first-order valence-corrected chi connectivity index (χ1v) is 11.7. The van der Waals surface area contributed by atoms with E-state index >= 15 is 0 Å². The van der Waals surface area contributed by atoms with Crippen molar-refractivity contribution in [2.24, 2.45) is 20.0 Å². The molecule has 0 aliphatic carbocycles. The first-order chi connectivity index (χ1) is 16.3. The summed E-state index contributed by atoms with van der Waals surface area (Å²) in [5.74, 6) is 0.995. The number of rotatable bonds is 7. The molecular weight excluding hydrogens is 434 g/mol. The van der Waals surface area contributed by atoms with Gasteiger partial charge in [-0.2, -0.15) is 5.10 Å². The number of hydrogen-bond donors (Lipinski definition) is 1. The SMILES string of the molecule is COc1nn(C)c2nc(C)c(CCC(=O)N3CCC(CNC(=O)c4cnn(C)c4)CC3)c(C)c12. The van der Waals surface area contributed by atoms with E-state index in [4.69, 9.17) is 9.72 Å². The lowest BCUT2D eigenvalue weighted by Gasteiger charge is -2.32. The zero-order valence-corrected chi connectivity index (χ0v) is 20.6. The van der Waals surface area contributed by atoms with E-state index in [0.717, 1.165) is 53.8 Å². The molecule has 0 aromatic carbocycles. The van der Waals surface area contributed by atoms with Crippen molar-refractivity contribution in [3.05, 3.63) is 34.8 Å². The Morgan fingerprint density at radius 3 is 2.59 bits per heavy atom. The maximum Gasteiger partial charge on any atom is 0.254 e. The molecule has 3 aromatic rings. The molecule has 1 N–H and O–H groups in total. The monoisotopic (exact) mass is 467 g/mol. The molecule has 0 bridgehead atoms. The summed E-state index contributed by atoms with van der Waals surface area (Å²) < 4.78 is 8.78. The van der Waals surface area contributed by atoms with Gasteiger partial charge in [0.05, 0.1) is 24.3 Å². The van der Waals surface area contributed by atoms with Gasteiger partial charge in [0.1, 0.15) is 0 Å². The molecule has 0 saturated carbocycles. The summed E-state index contributed by atoms with van der Waals surface area (Å²) in [6.07, 6.45) is 6.13. The summed E-state index contributed by atoms with van der Waals surface area (Å²) in [5, 5.41) is 12.3. The first kappa shape index (κ1) is 23.7. The van der Waals surface area contributed by atoms with Crippen molar-refractivity contribution in [3.8, 4) is 5.88 Å². The minimum Gasteiger partial charge on any atom is -0.479 e. The third-order valence-corrected chi connectivity index (χ3v) is 6.79. The normalized spacial score (nSPS) is 14.6. The summed E-state index contributed by atoms with van der Waals surface area (Å²) in [6.45, 7) is 6.09. The number of ether oxygens (including phenoxy) is 1. The van der Waals surface area contributed by atoms with Crippen molar-refractivity contribution in [2.75, 3.05) is 26.7 Å². The molecule has 1 aliphatic rings. The Labute approximate surface area is 199 Å². The van der Waals surface area contributed by atoms with Gasteiger partial charge in [0.2, 0.25) is 11.8 Å².